The van der Waals surface area contributed by atoms with Crippen molar-refractivity contribution < 1.29 is 0 Å². The van der Waals surface area contributed by atoms with Crippen molar-refractivity contribution >= 4 is 49.3 Å². The van der Waals surface area contributed by atoms with E-state index in [4.69, 9.17) is 4.99 Å². The molecule has 0 spiro atoms. The first-order chi connectivity index (χ1) is 13.2. The predicted molar refractivity (Wildman–Crippen MR) is 120 cm³/mol. The lowest BCUT2D eigenvalue weighted by molar-refractivity contribution is 0.543. The molecule has 0 radical (unpaired) electrons. The Bertz CT molecular complexity index is 915. The first-order valence-electron chi connectivity index (χ1n) is 9.33. The number of aliphatic imine (C=N–C) groups is 1. The van der Waals surface area contributed by atoms with Crippen molar-refractivity contribution in [1.29, 1.82) is 0 Å². The van der Waals surface area contributed by atoms with Gasteiger partial charge in [0, 0.05) is 18.0 Å². The minimum atomic E-state index is 0.429. The summed E-state index contributed by atoms with van der Waals surface area (Å²) in [5.74, 6) is 1.67. The van der Waals surface area contributed by atoms with Crippen molar-refractivity contribution in [2.45, 2.75) is 26.3 Å². The van der Waals surface area contributed by atoms with Crippen LogP contribution >= 0.6 is 23.1 Å². The Morgan fingerprint density at radius 1 is 1.15 bits per heavy atom. The van der Waals surface area contributed by atoms with E-state index in [9.17, 15) is 0 Å². The molecule has 0 saturated carbocycles. The zero-order chi connectivity index (χ0) is 18.6. The molecule has 4 rings (SSSR count). The lowest BCUT2D eigenvalue weighted by atomic mass is 10.1. The zero-order valence-electron chi connectivity index (χ0n) is 15.6. The van der Waals surface area contributed by atoms with Crippen LogP contribution in [0.5, 0.6) is 0 Å². The van der Waals surface area contributed by atoms with Crippen LogP contribution in [-0.2, 0) is 6.42 Å². The summed E-state index contributed by atoms with van der Waals surface area (Å²) in [6.07, 6.45) is 0.958. The number of aromatic nitrogens is 1. The molecule has 0 bridgehead atoms. The van der Waals surface area contributed by atoms with Crippen molar-refractivity contribution in [3.05, 3.63) is 54.1 Å². The fraction of sp³-hybridized carbons (Fsp3) is 0.333. The molecule has 0 fully saturated rings. The fourth-order valence-corrected chi connectivity index (χ4v) is 5.07. The maximum absolute atomic E-state index is 4.78. The number of hydrogen-bond acceptors (Lipinski definition) is 6. The molecule has 1 atom stereocenters. The monoisotopic (exact) mass is 396 g/mol. The number of anilines is 2. The normalized spacial score (nSPS) is 16.7. The second-order valence-electron chi connectivity index (χ2n) is 7.05. The highest BCUT2D eigenvalue weighted by atomic mass is 32.2. The SMILES string of the molecule is CC(C)[C@H]1CSC(Nc2cccc(CCNc3nc4ccccc4s3)c2)=N1. The smallest absolute Gasteiger partial charge is 0.183 e. The molecule has 6 heteroatoms. The van der Waals surface area contributed by atoms with Crippen molar-refractivity contribution in [2.24, 2.45) is 10.9 Å². The quantitative estimate of drug-likeness (QED) is 0.578. The van der Waals surface area contributed by atoms with Gasteiger partial charge in [-0.2, -0.15) is 0 Å². The van der Waals surface area contributed by atoms with Gasteiger partial charge in [0.15, 0.2) is 10.3 Å². The standard InChI is InChI=1S/C21H24N4S2/c1-14(2)18-13-26-21(25-18)23-16-7-5-6-15(12-16)10-11-22-20-24-17-8-3-4-9-19(17)27-20/h3-9,12,14,18H,10-11,13H2,1-2H3,(H,22,24)(H,23,25)/t18-/m1/s1. The predicted octanol–water partition coefficient (Wildman–Crippen LogP) is 5.49. The summed E-state index contributed by atoms with van der Waals surface area (Å²) in [6.45, 7) is 5.34. The first-order valence-corrected chi connectivity index (χ1v) is 11.1. The number of rotatable bonds is 6. The molecule has 2 heterocycles. The molecule has 27 heavy (non-hydrogen) atoms. The van der Waals surface area contributed by atoms with Gasteiger partial charge in [-0.15, -0.1) is 0 Å². The van der Waals surface area contributed by atoms with Crippen LogP contribution in [0.4, 0.5) is 10.8 Å². The highest BCUT2D eigenvalue weighted by Crippen LogP contribution is 2.26. The fourth-order valence-electron chi connectivity index (χ4n) is 2.99. The third kappa shape index (κ3) is 4.62. The number of nitrogens with one attached hydrogen (secondary N) is 2. The number of thioether (sulfide) groups is 1. The van der Waals surface area contributed by atoms with Crippen LogP contribution in [0.1, 0.15) is 19.4 Å². The molecule has 0 aliphatic carbocycles. The number of para-hydroxylation sites is 1. The average Bonchev–Trinajstić information content (AvgIpc) is 3.28. The van der Waals surface area contributed by atoms with E-state index in [0.29, 0.717) is 12.0 Å². The van der Waals surface area contributed by atoms with Gasteiger partial charge in [-0.3, -0.25) is 4.99 Å². The van der Waals surface area contributed by atoms with Gasteiger partial charge in [0.1, 0.15) is 0 Å². The molecule has 1 aliphatic heterocycles. The molecular weight excluding hydrogens is 372 g/mol. The Morgan fingerprint density at radius 2 is 2.04 bits per heavy atom. The van der Waals surface area contributed by atoms with E-state index >= 15 is 0 Å². The van der Waals surface area contributed by atoms with Crippen LogP contribution in [0, 0.1) is 5.92 Å². The average molecular weight is 397 g/mol. The van der Waals surface area contributed by atoms with E-state index in [1.807, 2.05) is 17.8 Å². The third-order valence-corrected chi connectivity index (χ3v) is 6.59. The second-order valence-corrected chi connectivity index (χ2v) is 9.08. The minimum Gasteiger partial charge on any atom is -0.361 e. The Labute approximate surface area is 168 Å². The van der Waals surface area contributed by atoms with E-state index in [0.717, 1.165) is 40.2 Å². The highest BCUT2D eigenvalue weighted by molar-refractivity contribution is 8.14. The molecular formula is C21H24N4S2. The minimum absolute atomic E-state index is 0.429. The second kappa shape index (κ2) is 8.31. The maximum atomic E-state index is 4.78. The summed E-state index contributed by atoms with van der Waals surface area (Å²) < 4.78 is 1.22. The number of fused-ring (bicyclic) bond motifs is 1. The van der Waals surface area contributed by atoms with Crippen molar-refractivity contribution in [1.82, 2.24) is 4.98 Å². The summed E-state index contributed by atoms with van der Waals surface area (Å²) in [7, 11) is 0. The van der Waals surface area contributed by atoms with E-state index in [1.165, 1.54) is 10.3 Å². The summed E-state index contributed by atoms with van der Waals surface area (Å²) in [5, 5.41) is 8.95. The Morgan fingerprint density at radius 3 is 2.85 bits per heavy atom. The number of hydrogen-bond donors (Lipinski definition) is 2. The summed E-state index contributed by atoms with van der Waals surface area (Å²) in [4.78, 5) is 9.41. The van der Waals surface area contributed by atoms with Gasteiger partial charge in [0.2, 0.25) is 0 Å². The van der Waals surface area contributed by atoms with Gasteiger partial charge >= 0.3 is 0 Å². The first kappa shape index (κ1) is 18.3. The molecule has 3 aromatic rings. The van der Waals surface area contributed by atoms with E-state index < -0.39 is 0 Å². The molecule has 1 aliphatic rings. The topological polar surface area (TPSA) is 49.3 Å². The molecule has 0 unspecified atom stereocenters. The number of benzene rings is 2. The van der Waals surface area contributed by atoms with Crippen molar-refractivity contribution in [3.63, 3.8) is 0 Å². The largest absolute Gasteiger partial charge is 0.361 e. The highest BCUT2D eigenvalue weighted by Gasteiger charge is 2.21. The lowest BCUT2D eigenvalue weighted by Crippen LogP contribution is -2.12. The van der Waals surface area contributed by atoms with Crippen LogP contribution in [0.3, 0.4) is 0 Å². The molecule has 0 saturated heterocycles. The number of thiazole rings is 1. The molecule has 0 amide bonds. The zero-order valence-corrected chi connectivity index (χ0v) is 17.2. The van der Waals surface area contributed by atoms with Crippen LogP contribution in [0.15, 0.2) is 53.5 Å². The summed E-state index contributed by atoms with van der Waals surface area (Å²) >= 11 is 3.52. The van der Waals surface area contributed by atoms with E-state index in [-0.39, 0.29) is 0 Å². The molecule has 1 aromatic heterocycles. The van der Waals surface area contributed by atoms with Crippen LogP contribution < -0.4 is 10.6 Å². The van der Waals surface area contributed by atoms with Gasteiger partial charge in [-0.1, -0.05) is 61.2 Å². The molecule has 2 aromatic carbocycles. The molecule has 140 valence electrons. The van der Waals surface area contributed by atoms with Crippen molar-refractivity contribution in [3.8, 4) is 0 Å². The van der Waals surface area contributed by atoms with Gasteiger partial charge < -0.3 is 10.6 Å². The Kier molecular flexibility index (Phi) is 5.64. The van der Waals surface area contributed by atoms with Gasteiger partial charge in [-0.25, -0.2) is 4.98 Å². The van der Waals surface area contributed by atoms with Crippen LogP contribution in [0.2, 0.25) is 0 Å². The molecule has 2 N–H and O–H groups in total. The number of nitrogens with zero attached hydrogens (tertiary/aromatic N) is 2. The van der Waals surface area contributed by atoms with Crippen LogP contribution in [0.25, 0.3) is 10.2 Å². The van der Waals surface area contributed by atoms with Gasteiger partial charge in [0.25, 0.3) is 0 Å². The van der Waals surface area contributed by atoms with E-state index in [2.05, 4.69) is 71.9 Å². The molecule has 4 nitrogen and oxygen atoms in total. The Balaban J connectivity index is 1.33. The summed E-state index contributed by atoms with van der Waals surface area (Å²) in [6, 6.07) is 17.3. The summed E-state index contributed by atoms with van der Waals surface area (Å²) in [5.41, 5.74) is 3.48. The van der Waals surface area contributed by atoms with Gasteiger partial charge in [-0.05, 0) is 42.2 Å². The maximum Gasteiger partial charge on any atom is 0.183 e. The van der Waals surface area contributed by atoms with Crippen molar-refractivity contribution in [2.75, 3.05) is 22.9 Å². The van der Waals surface area contributed by atoms with E-state index in [1.54, 1.807) is 11.3 Å². The van der Waals surface area contributed by atoms with Crippen LogP contribution in [-0.4, -0.2) is 28.5 Å². The third-order valence-electron chi connectivity index (χ3n) is 4.61. The number of amidine groups is 1. The Hall–Kier alpha value is -2.05. The van der Waals surface area contributed by atoms with Gasteiger partial charge in [0.05, 0.1) is 16.3 Å². The lowest BCUT2D eigenvalue weighted by Gasteiger charge is -2.09.